The van der Waals surface area contributed by atoms with Gasteiger partial charge in [0.2, 0.25) is 0 Å². The molecule has 17 heavy (non-hydrogen) atoms. The molecule has 3 nitrogen and oxygen atoms in total. The molecule has 0 aromatic heterocycles. The molecule has 1 N–H and O–H groups in total. The molecule has 3 heteroatoms. The van der Waals surface area contributed by atoms with E-state index in [1.54, 1.807) is 0 Å². The number of fused-ring (bicyclic) bond motifs is 1. The standard InChI is InChI=1S/C14H18O3/c1-2-3-4-7-11(15)14-10-16-12-8-5-6-9-13(12)17-14/h2,5-6,8-9,11,14-15H,1,3-4,7,10H2. The van der Waals surface area contributed by atoms with Crippen molar-refractivity contribution in [1.82, 2.24) is 0 Å². The minimum Gasteiger partial charge on any atom is -0.486 e. The van der Waals surface area contributed by atoms with Crippen molar-refractivity contribution in [3.63, 3.8) is 0 Å². The van der Waals surface area contributed by atoms with Crippen molar-refractivity contribution in [1.29, 1.82) is 0 Å². The molecular formula is C14H18O3. The predicted octanol–water partition coefficient (Wildman–Crippen LogP) is 2.54. The first-order valence-electron chi connectivity index (χ1n) is 5.98. The molecule has 1 aromatic rings. The molecule has 1 heterocycles. The van der Waals surface area contributed by atoms with Gasteiger partial charge in [0.1, 0.15) is 6.61 Å². The van der Waals surface area contributed by atoms with Crippen LogP contribution in [0.4, 0.5) is 0 Å². The average Bonchev–Trinajstić information content (AvgIpc) is 2.38. The Morgan fingerprint density at radius 1 is 1.41 bits per heavy atom. The SMILES string of the molecule is C=CCCCC(O)C1COc2ccccc2O1. The highest BCUT2D eigenvalue weighted by Crippen LogP contribution is 2.32. The van der Waals surface area contributed by atoms with Crippen molar-refractivity contribution in [2.24, 2.45) is 0 Å². The van der Waals surface area contributed by atoms with Crippen LogP contribution in [-0.2, 0) is 0 Å². The van der Waals surface area contributed by atoms with Gasteiger partial charge >= 0.3 is 0 Å². The molecule has 0 saturated heterocycles. The number of allylic oxidation sites excluding steroid dienone is 1. The highest BCUT2D eigenvalue weighted by atomic mass is 16.6. The molecule has 0 fully saturated rings. The predicted molar refractivity (Wildman–Crippen MR) is 66.4 cm³/mol. The molecule has 1 aliphatic heterocycles. The zero-order valence-corrected chi connectivity index (χ0v) is 9.84. The molecule has 0 spiro atoms. The van der Waals surface area contributed by atoms with Gasteiger partial charge in [-0.1, -0.05) is 18.2 Å². The Kier molecular flexibility index (Phi) is 4.04. The van der Waals surface area contributed by atoms with Crippen LogP contribution in [0.15, 0.2) is 36.9 Å². The van der Waals surface area contributed by atoms with Crippen molar-refractivity contribution in [3.05, 3.63) is 36.9 Å². The molecule has 2 atom stereocenters. The van der Waals surface area contributed by atoms with E-state index in [2.05, 4.69) is 6.58 Å². The van der Waals surface area contributed by atoms with Gasteiger partial charge in [-0.15, -0.1) is 6.58 Å². The minimum absolute atomic E-state index is 0.269. The number of rotatable bonds is 5. The normalized spacial score (nSPS) is 19.7. The zero-order valence-electron chi connectivity index (χ0n) is 9.84. The van der Waals surface area contributed by atoms with Crippen LogP contribution in [0.1, 0.15) is 19.3 Å². The summed E-state index contributed by atoms with van der Waals surface area (Å²) in [6.45, 7) is 4.07. The van der Waals surface area contributed by atoms with Gasteiger partial charge in [0, 0.05) is 0 Å². The maximum Gasteiger partial charge on any atom is 0.161 e. The first kappa shape index (κ1) is 12.0. The van der Waals surface area contributed by atoms with E-state index in [1.165, 1.54) is 0 Å². The van der Waals surface area contributed by atoms with E-state index in [4.69, 9.17) is 9.47 Å². The Morgan fingerprint density at radius 2 is 2.18 bits per heavy atom. The Labute approximate surface area is 102 Å². The Hall–Kier alpha value is -1.48. The molecule has 1 aromatic carbocycles. The van der Waals surface area contributed by atoms with Crippen LogP contribution in [0.3, 0.4) is 0 Å². The molecule has 2 unspecified atom stereocenters. The van der Waals surface area contributed by atoms with Gasteiger partial charge in [0.05, 0.1) is 6.10 Å². The first-order chi connectivity index (χ1) is 8.31. The lowest BCUT2D eigenvalue weighted by Gasteiger charge is -2.29. The van der Waals surface area contributed by atoms with E-state index in [1.807, 2.05) is 30.3 Å². The average molecular weight is 234 g/mol. The van der Waals surface area contributed by atoms with E-state index in [0.29, 0.717) is 18.8 Å². The van der Waals surface area contributed by atoms with Gasteiger partial charge in [-0.25, -0.2) is 0 Å². The monoisotopic (exact) mass is 234 g/mol. The number of hydrogen-bond acceptors (Lipinski definition) is 3. The van der Waals surface area contributed by atoms with Crippen LogP contribution >= 0.6 is 0 Å². The number of hydrogen-bond donors (Lipinski definition) is 1. The number of benzene rings is 1. The second-order valence-corrected chi connectivity index (χ2v) is 4.20. The topological polar surface area (TPSA) is 38.7 Å². The molecule has 0 saturated carbocycles. The summed E-state index contributed by atoms with van der Waals surface area (Å²) in [6.07, 6.45) is 3.66. The number of aliphatic hydroxyl groups is 1. The molecule has 0 aliphatic carbocycles. The summed E-state index contributed by atoms with van der Waals surface area (Å²) in [5.41, 5.74) is 0. The van der Waals surface area contributed by atoms with E-state index >= 15 is 0 Å². The van der Waals surface area contributed by atoms with Gasteiger partial charge in [-0.3, -0.25) is 0 Å². The summed E-state index contributed by atoms with van der Waals surface area (Å²) >= 11 is 0. The smallest absolute Gasteiger partial charge is 0.161 e. The van der Waals surface area contributed by atoms with Gasteiger partial charge < -0.3 is 14.6 Å². The molecular weight excluding hydrogens is 216 g/mol. The zero-order chi connectivity index (χ0) is 12.1. The van der Waals surface area contributed by atoms with E-state index < -0.39 is 6.10 Å². The fourth-order valence-corrected chi connectivity index (χ4v) is 1.88. The Morgan fingerprint density at radius 3 is 2.94 bits per heavy atom. The van der Waals surface area contributed by atoms with Gasteiger partial charge in [-0.05, 0) is 31.4 Å². The lowest BCUT2D eigenvalue weighted by Crippen LogP contribution is -2.39. The molecule has 0 radical (unpaired) electrons. The summed E-state index contributed by atoms with van der Waals surface area (Å²) in [5.74, 6) is 1.47. The first-order valence-corrected chi connectivity index (χ1v) is 5.98. The number of ether oxygens (including phenoxy) is 2. The molecule has 1 aliphatic rings. The number of aliphatic hydroxyl groups excluding tert-OH is 1. The summed E-state index contributed by atoms with van der Waals surface area (Å²) in [5, 5.41) is 9.99. The van der Waals surface area contributed by atoms with Crippen molar-refractivity contribution in [3.8, 4) is 11.5 Å². The third-order valence-corrected chi connectivity index (χ3v) is 2.87. The van der Waals surface area contributed by atoms with Crippen molar-refractivity contribution in [2.75, 3.05) is 6.61 Å². The van der Waals surface area contributed by atoms with Crippen molar-refractivity contribution < 1.29 is 14.6 Å². The fraction of sp³-hybridized carbons (Fsp3) is 0.429. The molecule has 0 amide bonds. The summed E-state index contributed by atoms with van der Waals surface area (Å²) in [7, 11) is 0. The van der Waals surface area contributed by atoms with Crippen molar-refractivity contribution in [2.45, 2.75) is 31.5 Å². The third kappa shape index (κ3) is 3.01. The van der Waals surface area contributed by atoms with E-state index in [0.717, 1.165) is 18.6 Å². The quantitative estimate of drug-likeness (QED) is 0.628. The molecule has 2 rings (SSSR count). The molecule has 92 valence electrons. The van der Waals surface area contributed by atoms with E-state index in [-0.39, 0.29) is 6.10 Å². The van der Waals surface area contributed by atoms with Crippen LogP contribution < -0.4 is 9.47 Å². The summed E-state index contributed by atoms with van der Waals surface area (Å²) in [6, 6.07) is 7.53. The van der Waals surface area contributed by atoms with E-state index in [9.17, 15) is 5.11 Å². The second-order valence-electron chi connectivity index (χ2n) is 4.20. The highest BCUT2D eigenvalue weighted by molar-refractivity contribution is 5.40. The van der Waals surface area contributed by atoms with Crippen LogP contribution in [0, 0.1) is 0 Å². The summed E-state index contributed by atoms with van der Waals surface area (Å²) in [4.78, 5) is 0. The van der Waals surface area contributed by atoms with Crippen LogP contribution in [-0.4, -0.2) is 23.9 Å². The summed E-state index contributed by atoms with van der Waals surface area (Å²) < 4.78 is 11.3. The minimum atomic E-state index is -0.483. The maximum atomic E-state index is 9.99. The van der Waals surface area contributed by atoms with Crippen molar-refractivity contribution >= 4 is 0 Å². The second kappa shape index (κ2) is 5.73. The Balaban J connectivity index is 1.90. The largest absolute Gasteiger partial charge is 0.486 e. The number of para-hydroxylation sites is 2. The van der Waals surface area contributed by atoms with Gasteiger partial charge in [0.15, 0.2) is 17.6 Å². The van der Waals surface area contributed by atoms with Gasteiger partial charge in [-0.2, -0.15) is 0 Å². The lowest BCUT2D eigenvalue weighted by atomic mass is 10.1. The maximum absolute atomic E-state index is 9.99. The number of unbranched alkanes of at least 4 members (excludes halogenated alkanes) is 1. The third-order valence-electron chi connectivity index (χ3n) is 2.87. The van der Waals surface area contributed by atoms with Crippen LogP contribution in [0.2, 0.25) is 0 Å². The van der Waals surface area contributed by atoms with Crippen LogP contribution in [0.25, 0.3) is 0 Å². The molecule has 0 bridgehead atoms. The highest BCUT2D eigenvalue weighted by Gasteiger charge is 2.26. The van der Waals surface area contributed by atoms with Gasteiger partial charge in [0.25, 0.3) is 0 Å². The Bertz CT molecular complexity index is 375. The van der Waals surface area contributed by atoms with Crippen LogP contribution in [0.5, 0.6) is 11.5 Å². The lowest BCUT2D eigenvalue weighted by molar-refractivity contribution is -0.0142. The fourth-order valence-electron chi connectivity index (χ4n) is 1.88.